The van der Waals surface area contributed by atoms with Crippen molar-refractivity contribution in [2.24, 2.45) is 0 Å². The van der Waals surface area contributed by atoms with E-state index in [2.05, 4.69) is 52.6 Å². The summed E-state index contributed by atoms with van der Waals surface area (Å²) < 4.78 is 10.7. The molecule has 0 saturated carbocycles. The first-order valence-electron chi connectivity index (χ1n) is 8.46. The van der Waals surface area contributed by atoms with Crippen molar-refractivity contribution < 1.29 is 9.47 Å². The minimum Gasteiger partial charge on any atom is -0.454 e. The molecule has 0 saturated heterocycles. The number of nitrogens with zero attached hydrogens (tertiary/aromatic N) is 2. The van der Waals surface area contributed by atoms with Crippen LogP contribution in [0.3, 0.4) is 0 Å². The highest BCUT2D eigenvalue weighted by Gasteiger charge is 2.13. The molecular weight excluding hydrogens is 328 g/mol. The van der Waals surface area contributed by atoms with E-state index in [4.69, 9.17) is 9.47 Å². The van der Waals surface area contributed by atoms with E-state index in [1.807, 2.05) is 24.3 Å². The number of aryl methyl sites for hydroxylation is 2. The first kappa shape index (κ1) is 16.2. The second-order valence-corrected chi connectivity index (χ2v) is 6.31. The molecule has 6 heteroatoms. The van der Waals surface area contributed by atoms with Crippen molar-refractivity contribution in [2.45, 2.75) is 20.4 Å². The zero-order chi connectivity index (χ0) is 17.9. The lowest BCUT2D eigenvalue weighted by molar-refractivity contribution is 0.174. The molecule has 0 bridgehead atoms. The molecule has 3 aromatic rings. The maximum atomic E-state index is 5.41. The van der Waals surface area contributed by atoms with Crippen molar-refractivity contribution in [3.8, 4) is 11.5 Å². The Hall–Kier alpha value is -3.28. The van der Waals surface area contributed by atoms with Gasteiger partial charge in [-0.2, -0.15) is 4.98 Å². The molecule has 0 atom stereocenters. The molecule has 0 aliphatic carbocycles. The minimum atomic E-state index is 0.283. The summed E-state index contributed by atoms with van der Waals surface area (Å²) in [5.41, 5.74) is 4.47. The van der Waals surface area contributed by atoms with Crippen LogP contribution in [0.2, 0.25) is 0 Å². The van der Waals surface area contributed by atoms with E-state index >= 15 is 0 Å². The van der Waals surface area contributed by atoms with Crippen molar-refractivity contribution in [3.63, 3.8) is 0 Å². The Labute approximate surface area is 152 Å². The summed E-state index contributed by atoms with van der Waals surface area (Å²) >= 11 is 0. The van der Waals surface area contributed by atoms with Crippen LogP contribution in [0, 0.1) is 13.8 Å². The topological polar surface area (TPSA) is 68.3 Å². The van der Waals surface area contributed by atoms with Crippen molar-refractivity contribution in [1.82, 2.24) is 9.97 Å². The number of rotatable bonds is 5. The molecule has 6 nitrogen and oxygen atoms in total. The summed E-state index contributed by atoms with van der Waals surface area (Å²) in [4.78, 5) is 8.82. The standard InChI is InChI=1S/C20H20N4O2/c1-13-7-14(2)9-16(8-13)23-20-21-6-5-19(24-20)22-11-15-3-4-17-18(10-15)26-12-25-17/h3-10H,11-12H2,1-2H3,(H2,21,22,23,24). The van der Waals surface area contributed by atoms with Gasteiger partial charge in [0.05, 0.1) is 0 Å². The average Bonchev–Trinajstić information content (AvgIpc) is 3.07. The van der Waals surface area contributed by atoms with Gasteiger partial charge < -0.3 is 20.1 Å². The molecular formula is C20H20N4O2. The second kappa shape index (κ2) is 6.92. The van der Waals surface area contributed by atoms with Gasteiger partial charge in [-0.05, 0) is 60.9 Å². The van der Waals surface area contributed by atoms with E-state index in [0.29, 0.717) is 12.5 Å². The molecule has 0 unspecified atom stereocenters. The number of anilines is 3. The molecule has 4 rings (SSSR count). The van der Waals surface area contributed by atoms with E-state index in [-0.39, 0.29) is 6.79 Å². The van der Waals surface area contributed by atoms with Gasteiger partial charge in [0, 0.05) is 18.4 Å². The maximum absolute atomic E-state index is 5.41. The first-order chi connectivity index (χ1) is 12.7. The Kier molecular flexibility index (Phi) is 4.31. The summed E-state index contributed by atoms with van der Waals surface area (Å²) in [6, 6.07) is 14.0. The van der Waals surface area contributed by atoms with E-state index in [9.17, 15) is 0 Å². The van der Waals surface area contributed by atoms with Crippen molar-refractivity contribution in [3.05, 3.63) is 65.4 Å². The Bertz CT molecular complexity index is 923. The van der Waals surface area contributed by atoms with Crippen molar-refractivity contribution in [1.29, 1.82) is 0 Å². The van der Waals surface area contributed by atoms with Crippen molar-refractivity contribution >= 4 is 17.5 Å². The van der Waals surface area contributed by atoms with Gasteiger partial charge in [0.2, 0.25) is 12.7 Å². The highest BCUT2D eigenvalue weighted by atomic mass is 16.7. The van der Waals surface area contributed by atoms with E-state index in [1.54, 1.807) is 6.20 Å². The van der Waals surface area contributed by atoms with Gasteiger partial charge in [0.1, 0.15) is 5.82 Å². The molecule has 1 aliphatic rings. The van der Waals surface area contributed by atoms with E-state index < -0.39 is 0 Å². The van der Waals surface area contributed by atoms with Crippen LogP contribution in [0.25, 0.3) is 0 Å². The molecule has 2 aromatic carbocycles. The molecule has 26 heavy (non-hydrogen) atoms. The fraction of sp³-hybridized carbons (Fsp3) is 0.200. The van der Waals surface area contributed by atoms with Gasteiger partial charge in [-0.1, -0.05) is 12.1 Å². The van der Waals surface area contributed by atoms with Gasteiger partial charge in [-0.3, -0.25) is 0 Å². The number of hydrogen-bond donors (Lipinski definition) is 2. The van der Waals surface area contributed by atoms with Crippen LogP contribution in [-0.2, 0) is 6.54 Å². The summed E-state index contributed by atoms with van der Waals surface area (Å²) in [5.74, 6) is 2.88. The Morgan fingerprint density at radius 3 is 2.62 bits per heavy atom. The number of aromatic nitrogens is 2. The molecule has 0 amide bonds. The van der Waals surface area contributed by atoms with E-state index in [0.717, 1.165) is 28.6 Å². The van der Waals surface area contributed by atoms with Crippen LogP contribution < -0.4 is 20.1 Å². The zero-order valence-corrected chi connectivity index (χ0v) is 14.7. The average molecular weight is 348 g/mol. The molecule has 1 aromatic heterocycles. The maximum Gasteiger partial charge on any atom is 0.231 e. The number of nitrogens with one attached hydrogen (secondary N) is 2. The Balaban J connectivity index is 1.44. The molecule has 2 heterocycles. The normalized spacial score (nSPS) is 12.1. The molecule has 2 N–H and O–H groups in total. The van der Waals surface area contributed by atoms with Gasteiger partial charge in [0.25, 0.3) is 0 Å². The molecule has 1 aliphatic heterocycles. The van der Waals surface area contributed by atoms with Crippen LogP contribution in [-0.4, -0.2) is 16.8 Å². The predicted molar refractivity (Wildman–Crippen MR) is 101 cm³/mol. The fourth-order valence-corrected chi connectivity index (χ4v) is 2.94. The summed E-state index contributed by atoms with van der Waals surface area (Å²) in [6.07, 6.45) is 1.74. The summed E-state index contributed by atoms with van der Waals surface area (Å²) in [5, 5.41) is 6.57. The first-order valence-corrected chi connectivity index (χ1v) is 8.46. The van der Waals surface area contributed by atoms with Gasteiger partial charge >= 0.3 is 0 Å². The Morgan fingerprint density at radius 1 is 0.962 bits per heavy atom. The SMILES string of the molecule is Cc1cc(C)cc(Nc2nccc(NCc3ccc4c(c3)OCO4)n2)c1. The lowest BCUT2D eigenvalue weighted by Crippen LogP contribution is -2.04. The van der Waals surface area contributed by atoms with Crippen molar-refractivity contribution in [2.75, 3.05) is 17.4 Å². The molecule has 0 spiro atoms. The van der Waals surface area contributed by atoms with Gasteiger partial charge in [0.15, 0.2) is 11.5 Å². The van der Waals surface area contributed by atoms with Gasteiger partial charge in [-0.25, -0.2) is 4.98 Å². The monoisotopic (exact) mass is 348 g/mol. The van der Waals surface area contributed by atoms with Gasteiger partial charge in [-0.15, -0.1) is 0 Å². The van der Waals surface area contributed by atoms with Crippen LogP contribution in [0.4, 0.5) is 17.5 Å². The third-order valence-electron chi connectivity index (χ3n) is 4.04. The highest BCUT2D eigenvalue weighted by Crippen LogP contribution is 2.32. The smallest absolute Gasteiger partial charge is 0.231 e. The predicted octanol–water partition coefficient (Wildman–Crippen LogP) is 4.18. The van der Waals surface area contributed by atoms with Crippen LogP contribution >= 0.6 is 0 Å². The lowest BCUT2D eigenvalue weighted by Gasteiger charge is -2.10. The highest BCUT2D eigenvalue weighted by molar-refractivity contribution is 5.57. The quantitative estimate of drug-likeness (QED) is 0.721. The van der Waals surface area contributed by atoms with Crippen LogP contribution in [0.1, 0.15) is 16.7 Å². The van der Waals surface area contributed by atoms with Crippen LogP contribution in [0.15, 0.2) is 48.7 Å². The molecule has 132 valence electrons. The van der Waals surface area contributed by atoms with Crippen LogP contribution in [0.5, 0.6) is 11.5 Å². The summed E-state index contributed by atoms with van der Waals surface area (Å²) in [6.45, 7) is 5.06. The second-order valence-electron chi connectivity index (χ2n) is 6.31. The fourth-order valence-electron chi connectivity index (χ4n) is 2.94. The number of hydrogen-bond acceptors (Lipinski definition) is 6. The molecule has 0 radical (unpaired) electrons. The Morgan fingerprint density at radius 2 is 1.77 bits per heavy atom. The number of ether oxygens (including phenoxy) is 2. The minimum absolute atomic E-state index is 0.283. The number of benzene rings is 2. The lowest BCUT2D eigenvalue weighted by atomic mass is 10.1. The third kappa shape index (κ3) is 3.69. The largest absolute Gasteiger partial charge is 0.454 e. The third-order valence-corrected chi connectivity index (χ3v) is 4.04. The van der Waals surface area contributed by atoms with E-state index in [1.165, 1.54) is 11.1 Å². The summed E-state index contributed by atoms with van der Waals surface area (Å²) in [7, 11) is 0. The number of fused-ring (bicyclic) bond motifs is 1. The zero-order valence-electron chi connectivity index (χ0n) is 14.7. The molecule has 0 fully saturated rings.